The van der Waals surface area contributed by atoms with Gasteiger partial charge in [-0.3, -0.25) is 4.79 Å². The number of rotatable bonds is 5. The Hall–Kier alpha value is -2.17. The highest BCUT2D eigenvalue weighted by Gasteiger charge is 2.15. The molecule has 20 heavy (non-hydrogen) atoms. The fraction of sp³-hybridized carbons (Fsp3) is 0.188. The molecule has 0 fully saturated rings. The van der Waals surface area contributed by atoms with Crippen molar-refractivity contribution in [3.63, 3.8) is 0 Å². The molecule has 0 saturated carbocycles. The molecule has 0 spiro atoms. The number of hydrogen-bond donors (Lipinski definition) is 3. The summed E-state index contributed by atoms with van der Waals surface area (Å²) in [5.41, 5.74) is 8.21. The van der Waals surface area contributed by atoms with Crippen molar-refractivity contribution in [1.29, 1.82) is 0 Å². The summed E-state index contributed by atoms with van der Waals surface area (Å²) in [5, 5.41) is 12.0. The monoisotopic (exact) mass is 270 g/mol. The third-order valence-corrected chi connectivity index (χ3v) is 3.08. The molecular weight excluding hydrogens is 252 g/mol. The van der Waals surface area contributed by atoms with Crippen molar-refractivity contribution >= 4 is 11.6 Å². The fourth-order valence-corrected chi connectivity index (χ4v) is 1.97. The van der Waals surface area contributed by atoms with Crippen molar-refractivity contribution in [3.8, 4) is 0 Å². The zero-order chi connectivity index (χ0) is 14.4. The molecule has 0 aliphatic carbocycles. The molecule has 0 aromatic heterocycles. The summed E-state index contributed by atoms with van der Waals surface area (Å²) in [6.07, 6.45) is 0.480. The third kappa shape index (κ3) is 3.66. The molecule has 1 atom stereocenters. The van der Waals surface area contributed by atoms with Crippen LogP contribution in [0.2, 0.25) is 0 Å². The van der Waals surface area contributed by atoms with Crippen molar-refractivity contribution in [1.82, 2.24) is 0 Å². The van der Waals surface area contributed by atoms with Crippen LogP contribution in [-0.2, 0) is 17.8 Å². The van der Waals surface area contributed by atoms with E-state index < -0.39 is 6.04 Å². The summed E-state index contributed by atoms with van der Waals surface area (Å²) >= 11 is 0. The van der Waals surface area contributed by atoms with Crippen LogP contribution in [0.5, 0.6) is 0 Å². The van der Waals surface area contributed by atoms with Gasteiger partial charge in [-0.05, 0) is 18.1 Å². The van der Waals surface area contributed by atoms with Gasteiger partial charge < -0.3 is 16.2 Å². The molecule has 2 rings (SSSR count). The maximum absolute atomic E-state index is 12.1. The van der Waals surface area contributed by atoms with Gasteiger partial charge in [-0.15, -0.1) is 0 Å². The second-order valence-corrected chi connectivity index (χ2v) is 4.60. The number of amides is 1. The van der Waals surface area contributed by atoms with E-state index in [0.29, 0.717) is 17.7 Å². The summed E-state index contributed by atoms with van der Waals surface area (Å²) in [4.78, 5) is 12.1. The Morgan fingerprint density at radius 1 is 1.10 bits per heavy atom. The van der Waals surface area contributed by atoms with E-state index in [1.165, 1.54) is 0 Å². The maximum atomic E-state index is 12.1. The minimum Gasteiger partial charge on any atom is -0.392 e. The lowest BCUT2D eigenvalue weighted by molar-refractivity contribution is -0.117. The molecule has 1 amide bonds. The van der Waals surface area contributed by atoms with Crippen molar-refractivity contribution in [3.05, 3.63) is 65.7 Å². The van der Waals surface area contributed by atoms with E-state index in [1.807, 2.05) is 36.4 Å². The van der Waals surface area contributed by atoms with Gasteiger partial charge in [0.1, 0.15) is 0 Å². The standard InChI is InChI=1S/C16H18N2O2/c17-14(10-12-6-2-1-3-7-12)16(20)18-15-9-5-4-8-13(15)11-19/h1-9,14,19H,10-11,17H2,(H,18,20). The molecule has 0 radical (unpaired) electrons. The topological polar surface area (TPSA) is 75.4 Å². The zero-order valence-corrected chi connectivity index (χ0v) is 11.1. The molecule has 2 aromatic rings. The molecule has 4 heteroatoms. The number of hydrogen-bond acceptors (Lipinski definition) is 3. The van der Waals surface area contributed by atoms with E-state index in [2.05, 4.69) is 5.32 Å². The van der Waals surface area contributed by atoms with Gasteiger partial charge in [-0.25, -0.2) is 0 Å². The number of anilines is 1. The summed E-state index contributed by atoms with van der Waals surface area (Å²) in [5.74, 6) is -0.255. The first kappa shape index (κ1) is 14.2. The Kier molecular flexibility index (Phi) is 4.87. The predicted molar refractivity (Wildman–Crippen MR) is 79.1 cm³/mol. The maximum Gasteiger partial charge on any atom is 0.241 e. The van der Waals surface area contributed by atoms with Gasteiger partial charge >= 0.3 is 0 Å². The molecule has 104 valence electrons. The number of aliphatic hydroxyl groups excluding tert-OH is 1. The number of aliphatic hydroxyl groups is 1. The van der Waals surface area contributed by atoms with Gasteiger partial charge in [0.2, 0.25) is 5.91 Å². The van der Waals surface area contributed by atoms with Crippen LogP contribution in [0.1, 0.15) is 11.1 Å². The molecule has 0 aliphatic heterocycles. The molecule has 4 N–H and O–H groups in total. The SMILES string of the molecule is NC(Cc1ccccc1)C(=O)Nc1ccccc1CO. The van der Waals surface area contributed by atoms with Gasteiger partial charge in [-0.1, -0.05) is 48.5 Å². The number of carbonyl (C=O) groups is 1. The van der Waals surface area contributed by atoms with Gasteiger partial charge in [-0.2, -0.15) is 0 Å². The minimum absolute atomic E-state index is 0.121. The van der Waals surface area contributed by atoms with E-state index in [1.54, 1.807) is 18.2 Å². The van der Waals surface area contributed by atoms with Crippen molar-refractivity contribution in [2.75, 3.05) is 5.32 Å². The smallest absolute Gasteiger partial charge is 0.241 e. The summed E-state index contributed by atoms with van der Waals surface area (Å²) in [6.45, 7) is -0.121. The zero-order valence-electron chi connectivity index (χ0n) is 11.1. The van der Waals surface area contributed by atoms with Crippen LogP contribution < -0.4 is 11.1 Å². The molecule has 0 saturated heterocycles. The lowest BCUT2D eigenvalue weighted by Gasteiger charge is -2.14. The Morgan fingerprint density at radius 3 is 2.45 bits per heavy atom. The summed E-state index contributed by atoms with van der Waals surface area (Å²) < 4.78 is 0. The first-order valence-electron chi connectivity index (χ1n) is 6.50. The number of para-hydroxylation sites is 1. The van der Waals surface area contributed by atoms with Gasteiger partial charge in [0.15, 0.2) is 0 Å². The van der Waals surface area contributed by atoms with Crippen LogP contribution in [0.25, 0.3) is 0 Å². The largest absolute Gasteiger partial charge is 0.392 e. The first-order valence-corrected chi connectivity index (χ1v) is 6.50. The molecule has 2 aromatic carbocycles. The van der Waals surface area contributed by atoms with E-state index in [0.717, 1.165) is 5.56 Å². The number of carbonyl (C=O) groups excluding carboxylic acids is 1. The van der Waals surface area contributed by atoms with Gasteiger partial charge in [0, 0.05) is 11.3 Å². The molecular formula is C16H18N2O2. The second kappa shape index (κ2) is 6.84. The number of nitrogens with one attached hydrogen (secondary N) is 1. The average molecular weight is 270 g/mol. The lowest BCUT2D eigenvalue weighted by Crippen LogP contribution is -2.37. The van der Waals surface area contributed by atoms with Crippen LogP contribution in [0, 0.1) is 0 Å². The van der Waals surface area contributed by atoms with Crippen LogP contribution in [0.15, 0.2) is 54.6 Å². The molecule has 1 unspecified atom stereocenters. The van der Waals surface area contributed by atoms with Crippen LogP contribution in [-0.4, -0.2) is 17.1 Å². The highest BCUT2D eigenvalue weighted by atomic mass is 16.3. The van der Waals surface area contributed by atoms with Crippen LogP contribution >= 0.6 is 0 Å². The second-order valence-electron chi connectivity index (χ2n) is 4.60. The van der Waals surface area contributed by atoms with Crippen LogP contribution in [0.3, 0.4) is 0 Å². The highest BCUT2D eigenvalue weighted by Crippen LogP contribution is 2.15. The van der Waals surface area contributed by atoms with Crippen LogP contribution in [0.4, 0.5) is 5.69 Å². The number of nitrogens with two attached hydrogens (primary N) is 1. The molecule has 0 bridgehead atoms. The predicted octanol–water partition coefficient (Wildman–Crippen LogP) is 1.69. The Labute approximate surface area is 118 Å². The summed E-state index contributed by atoms with van der Waals surface area (Å²) in [6, 6.07) is 16.1. The third-order valence-electron chi connectivity index (χ3n) is 3.08. The lowest BCUT2D eigenvalue weighted by atomic mass is 10.1. The normalized spacial score (nSPS) is 11.9. The highest BCUT2D eigenvalue weighted by molar-refractivity contribution is 5.95. The van der Waals surface area contributed by atoms with Crippen molar-refractivity contribution < 1.29 is 9.90 Å². The van der Waals surface area contributed by atoms with E-state index in [-0.39, 0.29) is 12.5 Å². The molecule has 0 aliphatic rings. The minimum atomic E-state index is -0.621. The van der Waals surface area contributed by atoms with E-state index >= 15 is 0 Å². The van der Waals surface area contributed by atoms with Gasteiger partial charge in [0.25, 0.3) is 0 Å². The Balaban J connectivity index is 2.01. The average Bonchev–Trinajstić information content (AvgIpc) is 2.48. The Morgan fingerprint density at radius 2 is 1.75 bits per heavy atom. The van der Waals surface area contributed by atoms with Crippen molar-refractivity contribution in [2.24, 2.45) is 5.73 Å². The van der Waals surface area contributed by atoms with Crippen molar-refractivity contribution in [2.45, 2.75) is 19.1 Å². The Bertz CT molecular complexity index is 570. The summed E-state index contributed by atoms with van der Waals surface area (Å²) in [7, 11) is 0. The van der Waals surface area contributed by atoms with E-state index in [9.17, 15) is 9.90 Å². The molecule has 0 heterocycles. The molecule has 4 nitrogen and oxygen atoms in total. The van der Waals surface area contributed by atoms with E-state index in [4.69, 9.17) is 5.73 Å². The number of benzene rings is 2. The first-order chi connectivity index (χ1) is 9.70. The fourth-order valence-electron chi connectivity index (χ4n) is 1.97. The quantitative estimate of drug-likeness (QED) is 0.774. The van der Waals surface area contributed by atoms with Gasteiger partial charge in [0.05, 0.1) is 12.6 Å².